The van der Waals surface area contributed by atoms with E-state index in [0.29, 0.717) is 12.1 Å². The van der Waals surface area contributed by atoms with Gasteiger partial charge in [-0.2, -0.15) is 0 Å². The number of nitrogens with one attached hydrogen (secondary N) is 1. The molecule has 0 unspecified atom stereocenters. The second-order valence-corrected chi connectivity index (χ2v) is 5.18. The zero-order chi connectivity index (χ0) is 15.4. The first-order valence-electron chi connectivity index (χ1n) is 6.17. The Balaban J connectivity index is 2.08. The Morgan fingerprint density at radius 3 is 2.71 bits per heavy atom. The molecular weight excluding hydrogens is 311 g/mol. The van der Waals surface area contributed by atoms with E-state index in [4.69, 9.17) is 33.7 Å². The van der Waals surface area contributed by atoms with Gasteiger partial charge in [0.25, 0.3) is 5.91 Å². The van der Waals surface area contributed by atoms with E-state index < -0.39 is 0 Å². The third-order valence-electron chi connectivity index (χ3n) is 2.91. The van der Waals surface area contributed by atoms with Crippen LogP contribution in [-0.4, -0.2) is 13.0 Å². The van der Waals surface area contributed by atoms with E-state index in [1.807, 2.05) is 24.3 Å². The summed E-state index contributed by atoms with van der Waals surface area (Å²) in [7, 11) is 1.59. The number of halogens is 2. The van der Waals surface area contributed by atoms with Gasteiger partial charge in [0.05, 0.1) is 22.8 Å². The lowest BCUT2D eigenvalue weighted by molar-refractivity contribution is 0.0951. The smallest absolute Gasteiger partial charge is 0.251 e. The molecule has 0 spiro atoms. The maximum absolute atomic E-state index is 12.1. The van der Waals surface area contributed by atoms with Crippen molar-refractivity contribution >= 4 is 34.8 Å². The summed E-state index contributed by atoms with van der Waals surface area (Å²) in [5, 5.41) is 3.29. The summed E-state index contributed by atoms with van der Waals surface area (Å²) in [6, 6.07) is 10.4. The van der Waals surface area contributed by atoms with Gasteiger partial charge in [-0.15, -0.1) is 0 Å². The summed E-state index contributed by atoms with van der Waals surface area (Å²) in [4.78, 5) is 12.1. The molecule has 2 aromatic carbocycles. The molecule has 0 aliphatic carbocycles. The molecule has 4 nitrogen and oxygen atoms in total. The van der Waals surface area contributed by atoms with Crippen molar-refractivity contribution in [2.24, 2.45) is 0 Å². The van der Waals surface area contributed by atoms with Crippen LogP contribution < -0.4 is 15.8 Å². The number of methoxy groups -OCH3 is 1. The molecule has 0 radical (unpaired) electrons. The van der Waals surface area contributed by atoms with E-state index in [0.717, 1.165) is 11.3 Å². The van der Waals surface area contributed by atoms with Gasteiger partial charge in [0.1, 0.15) is 5.75 Å². The number of hydrogen-bond donors (Lipinski definition) is 2. The van der Waals surface area contributed by atoms with Crippen molar-refractivity contribution in [1.82, 2.24) is 5.32 Å². The number of carbonyl (C=O) groups excluding carboxylic acids is 1. The van der Waals surface area contributed by atoms with Crippen LogP contribution in [0.4, 0.5) is 5.69 Å². The molecule has 6 heteroatoms. The summed E-state index contributed by atoms with van der Waals surface area (Å²) in [6.07, 6.45) is 0. The molecule has 1 amide bonds. The standard InChI is InChI=1S/C15H14Cl2N2O2/c1-21-11-4-2-3-9(5-11)8-19-15(20)10-6-12(16)14(17)13(18)7-10/h2-7H,8,18H2,1H3,(H,19,20). The second kappa shape index (κ2) is 6.70. The largest absolute Gasteiger partial charge is 0.497 e. The van der Waals surface area contributed by atoms with Crippen molar-refractivity contribution in [2.45, 2.75) is 6.54 Å². The zero-order valence-electron chi connectivity index (χ0n) is 11.3. The monoisotopic (exact) mass is 324 g/mol. The van der Waals surface area contributed by atoms with Crippen LogP contribution in [0.15, 0.2) is 36.4 Å². The molecule has 0 atom stereocenters. The minimum Gasteiger partial charge on any atom is -0.497 e. The average Bonchev–Trinajstić information content (AvgIpc) is 2.50. The van der Waals surface area contributed by atoms with Gasteiger partial charge in [0.15, 0.2) is 0 Å². The number of rotatable bonds is 4. The minimum absolute atomic E-state index is 0.251. The highest BCUT2D eigenvalue weighted by atomic mass is 35.5. The Kier molecular flexibility index (Phi) is 4.94. The Morgan fingerprint density at radius 1 is 1.29 bits per heavy atom. The minimum atomic E-state index is -0.275. The highest BCUT2D eigenvalue weighted by molar-refractivity contribution is 6.43. The first kappa shape index (κ1) is 15.5. The Labute approximate surface area is 132 Å². The first-order valence-corrected chi connectivity index (χ1v) is 6.92. The number of amides is 1. The van der Waals surface area contributed by atoms with E-state index in [1.54, 1.807) is 7.11 Å². The molecule has 0 aromatic heterocycles. The van der Waals surface area contributed by atoms with Crippen molar-refractivity contribution in [3.05, 3.63) is 57.6 Å². The SMILES string of the molecule is COc1cccc(CNC(=O)c2cc(N)c(Cl)c(Cl)c2)c1. The van der Waals surface area contributed by atoms with Crippen molar-refractivity contribution < 1.29 is 9.53 Å². The molecule has 0 saturated heterocycles. The van der Waals surface area contributed by atoms with Gasteiger partial charge in [-0.05, 0) is 29.8 Å². The fourth-order valence-electron chi connectivity index (χ4n) is 1.81. The summed E-state index contributed by atoms with van der Waals surface area (Å²) >= 11 is 11.8. The zero-order valence-corrected chi connectivity index (χ0v) is 12.8. The van der Waals surface area contributed by atoms with Crippen LogP contribution in [0.5, 0.6) is 5.75 Å². The number of ether oxygens (including phenoxy) is 1. The van der Waals surface area contributed by atoms with Crippen molar-refractivity contribution in [3.63, 3.8) is 0 Å². The van der Waals surface area contributed by atoms with Crippen LogP contribution in [0.25, 0.3) is 0 Å². The summed E-state index contributed by atoms with van der Waals surface area (Å²) in [6.45, 7) is 0.371. The van der Waals surface area contributed by atoms with Crippen LogP contribution in [-0.2, 0) is 6.54 Å². The Bertz CT molecular complexity index is 651. The molecule has 2 rings (SSSR count). The molecule has 110 valence electrons. The highest BCUT2D eigenvalue weighted by Crippen LogP contribution is 2.29. The van der Waals surface area contributed by atoms with Crippen molar-refractivity contribution in [2.75, 3.05) is 12.8 Å². The normalized spacial score (nSPS) is 10.2. The first-order chi connectivity index (χ1) is 10.0. The van der Waals surface area contributed by atoms with Gasteiger partial charge in [-0.3, -0.25) is 4.79 Å². The fraction of sp³-hybridized carbons (Fsp3) is 0.133. The lowest BCUT2D eigenvalue weighted by atomic mass is 10.1. The molecule has 3 N–H and O–H groups in total. The maximum atomic E-state index is 12.1. The number of nitrogen functional groups attached to an aromatic ring is 1. The van der Waals surface area contributed by atoms with Gasteiger partial charge in [0, 0.05) is 12.1 Å². The predicted molar refractivity (Wildman–Crippen MR) is 85.0 cm³/mol. The van der Waals surface area contributed by atoms with Gasteiger partial charge in [0.2, 0.25) is 0 Å². The number of nitrogens with two attached hydrogens (primary N) is 1. The Morgan fingerprint density at radius 2 is 2.05 bits per heavy atom. The number of carbonyl (C=O) groups is 1. The van der Waals surface area contributed by atoms with Crippen LogP contribution >= 0.6 is 23.2 Å². The van der Waals surface area contributed by atoms with Crippen LogP contribution in [0.1, 0.15) is 15.9 Å². The molecule has 0 heterocycles. The van der Waals surface area contributed by atoms with Gasteiger partial charge >= 0.3 is 0 Å². The topological polar surface area (TPSA) is 64.3 Å². The molecular formula is C15H14Cl2N2O2. The van der Waals surface area contributed by atoms with E-state index >= 15 is 0 Å². The average molecular weight is 325 g/mol. The second-order valence-electron chi connectivity index (χ2n) is 4.40. The van der Waals surface area contributed by atoms with Gasteiger partial charge in [-0.1, -0.05) is 35.3 Å². The third-order valence-corrected chi connectivity index (χ3v) is 3.72. The maximum Gasteiger partial charge on any atom is 0.251 e. The summed E-state index contributed by atoms with van der Waals surface area (Å²) in [5.74, 6) is 0.462. The van der Waals surface area contributed by atoms with Crippen LogP contribution in [0, 0.1) is 0 Å². The molecule has 2 aromatic rings. The molecule has 0 aliphatic rings. The fourth-order valence-corrected chi connectivity index (χ4v) is 2.14. The van der Waals surface area contributed by atoms with E-state index in [1.165, 1.54) is 12.1 Å². The Hall–Kier alpha value is -1.91. The lowest BCUT2D eigenvalue weighted by Crippen LogP contribution is -2.23. The summed E-state index contributed by atoms with van der Waals surface area (Å²) < 4.78 is 5.13. The van der Waals surface area contributed by atoms with Crippen molar-refractivity contribution in [3.8, 4) is 5.75 Å². The number of benzene rings is 2. The number of anilines is 1. The van der Waals surface area contributed by atoms with Crippen LogP contribution in [0.2, 0.25) is 10.0 Å². The molecule has 21 heavy (non-hydrogen) atoms. The van der Waals surface area contributed by atoms with E-state index in [9.17, 15) is 4.79 Å². The predicted octanol–water partition coefficient (Wildman–Crippen LogP) is 3.51. The quantitative estimate of drug-likeness (QED) is 0.846. The third kappa shape index (κ3) is 3.80. The highest BCUT2D eigenvalue weighted by Gasteiger charge is 2.11. The van der Waals surface area contributed by atoms with Crippen molar-refractivity contribution in [1.29, 1.82) is 0 Å². The van der Waals surface area contributed by atoms with Gasteiger partial charge < -0.3 is 15.8 Å². The molecule has 0 bridgehead atoms. The van der Waals surface area contributed by atoms with E-state index in [2.05, 4.69) is 5.32 Å². The molecule has 0 aliphatic heterocycles. The van der Waals surface area contributed by atoms with Crippen LogP contribution in [0.3, 0.4) is 0 Å². The molecule has 0 fully saturated rings. The number of hydrogen-bond acceptors (Lipinski definition) is 3. The van der Waals surface area contributed by atoms with Gasteiger partial charge in [-0.25, -0.2) is 0 Å². The lowest BCUT2D eigenvalue weighted by Gasteiger charge is -2.09. The van der Waals surface area contributed by atoms with E-state index in [-0.39, 0.29) is 21.6 Å². The summed E-state index contributed by atoms with van der Waals surface area (Å²) in [5.41, 5.74) is 7.26. The molecule has 0 saturated carbocycles.